The molecule has 0 amide bonds. The number of benzene rings is 1. The lowest BCUT2D eigenvalue weighted by Gasteiger charge is -2.07. The van der Waals surface area contributed by atoms with Gasteiger partial charge in [-0.1, -0.05) is 11.6 Å². The lowest BCUT2D eigenvalue weighted by atomic mass is 10.2. The Labute approximate surface area is 128 Å². The van der Waals surface area contributed by atoms with Crippen LogP contribution in [0.3, 0.4) is 0 Å². The molecule has 3 nitrogen and oxygen atoms in total. The molecule has 1 aromatic carbocycles. The van der Waals surface area contributed by atoms with Gasteiger partial charge in [-0.15, -0.1) is 0 Å². The molecule has 3 aromatic rings. The van der Waals surface area contributed by atoms with Crippen LogP contribution in [0, 0.1) is 11.7 Å². The molecule has 1 N–H and O–H groups in total. The lowest BCUT2D eigenvalue weighted by molar-refractivity contribution is 1.04. The number of H-pyrrole nitrogens is 1. The van der Waals surface area contributed by atoms with Crippen LogP contribution >= 0.6 is 39.7 Å². The summed E-state index contributed by atoms with van der Waals surface area (Å²) in [4.78, 5) is 7.60. The van der Waals surface area contributed by atoms with Gasteiger partial charge in [-0.25, -0.2) is 4.98 Å². The number of pyridine rings is 1. The Morgan fingerprint density at radius 1 is 1.37 bits per heavy atom. The average molecular weight is 355 g/mol. The first-order chi connectivity index (χ1) is 9.08. The van der Waals surface area contributed by atoms with Crippen molar-refractivity contribution in [2.24, 2.45) is 0 Å². The van der Waals surface area contributed by atoms with E-state index in [0.717, 1.165) is 26.9 Å². The highest BCUT2D eigenvalue weighted by Gasteiger charge is 2.12. The Kier molecular flexibility index (Phi) is 3.20. The molecule has 96 valence electrons. The number of imidazole rings is 1. The van der Waals surface area contributed by atoms with Gasteiger partial charge in [0.1, 0.15) is 0 Å². The largest absolute Gasteiger partial charge is 0.329 e. The SMILES string of the molecule is Cc1ccnc2c1[nH]c(=S)n2-c1cc(Cl)ccc1Br. The molecule has 2 aromatic heterocycles. The molecule has 6 heteroatoms. The van der Waals surface area contributed by atoms with Crippen LogP contribution in [-0.4, -0.2) is 14.5 Å². The van der Waals surface area contributed by atoms with Crippen LogP contribution in [-0.2, 0) is 0 Å². The molecular weight excluding hydrogens is 346 g/mol. The van der Waals surface area contributed by atoms with E-state index in [9.17, 15) is 0 Å². The molecule has 3 rings (SSSR count). The summed E-state index contributed by atoms with van der Waals surface area (Å²) in [7, 11) is 0. The first-order valence-electron chi connectivity index (χ1n) is 5.59. The molecule has 0 radical (unpaired) electrons. The Hall–Kier alpha value is -1.17. The molecule has 0 saturated heterocycles. The van der Waals surface area contributed by atoms with Crippen LogP contribution in [0.25, 0.3) is 16.9 Å². The molecule has 0 unspecified atom stereocenters. The zero-order chi connectivity index (χ0) is 13.6. The summed E-state index contributed by atoms with van der Waals surface area (Å²) in [5.74, 6) is 0. The van der Waals surface area contributed by atoms with Crippen LogP contribution in [0.5, 0.6) is 0 Å². The Morgan fingerprint density at radius 3 is 2.95 bits per heavy atom. The number of aromatic amines is 1. The fourth-order valence-corrected chi connectivity index (χ4v) is 2.88. The Morgan fingerprint density at radius 2 is 2.16 bits per heavy atom. The number of aryl methyl sites for hydroxylation is 1. The van der Waals surface area contributed by atoms with Crippen LogP contribution < -0.4 is 0 Å². The van der Waals surface area contributed by atoms with Gasteiger partial charge in [0.2, 0.25) is 0 Å². The molecular formula is C13H9BrClN3S. The molecule has 19 heavy (non-hydrogen) atoms. The van der Waals surface area contributed by atoms with Crippen molar-refractivity contribution < 1.29 is 0 Å². The Bertz CT molecular complexity index is 838. The third-order valence-electron chi connectivity index (χ3n) is 2.94. The third-order valence-corrected chi connectivity index (χ3v) is 4.13. The van der Waals surface area contributed by atoms with E-state index in [1.54, 1.807) is 6.20 Å². The molecule has 0 aliphatic heterocycles. The summed E-state index contributed by atoms with van der Waals surface area (Å²) in [6, 6.07) is 7.53. The van der Waals surface area contributed by atoms with E-state index in [1.807, 2.05) is 35.8 Å². The van der Waals surface area contributed by atoms with Gasteiger partial charge < -0.3 is 4.98 Å². The first kappa shape index (κ1) is 12.8. The fourth-order valence-electron chi connectivity index (χ4n) is 2.01. The van der Waals surface area contributed by atoms with Gasteiger partial charge in [-0.05, 0) is 64.9 Å². The maximum Gasteiger partial charge on any atom is 0.184 e. The molecule has 0 bridgehead atoms. The standard InChI is InChI=1S/C13H9BrClN3S/c1-7-4-5-16-12-11(7)17-13(19)18(12)10-6-8(15)2-3-9(10)14/h2-6H,1H3,(H,17,19). The van der Waals surface area contributed by atoms with E-state index in [4.69, 9.17) is 23.8 Å². The second kappa shape index (κ2) is 4.74. The van der Waals surface area contributed by atoms with Gasteiger partial charge in [-0.3, -0.25) is 4.57 Å². The minimum atomic E-state index is 0.597. The summed E-state index contributed by atoms with van der Waals surface area (Å²) in [5, 5.41) is 0.655. The van der Waals surface area contributed by atoms with E-state index in [2.05, 4.69) is 25.9 Å². The minimum Gasteiger partial charge on any atom is -0.329 e. The minimum absolute atomic E-state index is 0.597. The van der Waals surface area contributed by atoms with Crippen LogP contribution in [0.2, 0.25) is 5.02 Å². The summed E-state index contributed by atoms with van der Waals surface area (Å²) in [6.45, 7) is 2.02. The highest BCUT2D eigenvalue weighted by atomic mass is 79.9. The number of nitrogens with one attached hydrogen (secondary N) is 1. The Balaban J connectivity index is 2.43. The van der Waals surface area contributed by atoms with Crippen molar-refractivity contribution in [3.8, 4) is 5.69 Å². The zero-order valence-electron chi connectivity index (χ0n) is 9.95. The number of aromatic nitrogens is 3. The van der Waals surface area contributed by atoms with Crippen molar-refractivity contribution in [3.63, 3.8) is 0 Å². The van der Waals surface area contributed by atoms with Crippen molar-refractivity contribution >= 4 is 50.9 Å². The predicted octanol–water partition coefficient (Wildman–Crippen LogP) is 4.81. The summed E-state index contributed by atoms with van der Waals surface area (Å²) in [5.41, 5.74) is 3.72. The monoisotopic (exact) mass is 353 g/mol. The molecule has 0 fully saturated rings. The van der Waals surface area contributed by atoms with E-state index in [0.29, 0.717) is 9.79 Å². The normalized spacial score (nSPS) is 11.1. The fraction of sp³-hybridized carbons (Fsp3) is 0.0769. The zero-order valence-corrected chi connectivity index (χ0v) is 13.1. The number of nitrogens with zero attached hydrogens (tertiary/aromatic N) is 2. The van der Waals surface area contributed by atoms with Crippen LogP contribution in [0.4, 0.5) is 0 Å². The van der Waals surface area contributed by atoms with Gasteiger partial charge in [-0.2, -0.15) is 0 Å². The summed E-state index contributed by atoms with van der Waals surface area (Å²) < 4.78 is 3.39. The number of fused-ring (bicyclic) bond motifs is 1. The second-order valence-electron chi connectivity index (χ2n) is 4.19. The maximum atomic E-state index is 6.07. The molecule has 0 saturated carbocycles. The van der Waals surface area contributed by atoms with Crippen molar-refractivity contribution in [3.05, 3.63) is 50.3 Å². The molecule has 0 aliphatic carbocycles. The van der Waals surface area contributed by atoms with E-state index >= 15 is 0 Å². The second-order valence-corrected chi connectivity index (χ2v) is 5.87. The molecule has 0 atom stereocenters. The van der Waals surface area contributed by atoms with E-state index in [-0.39, 0.29) is 0 Å². The number of hydrogen-bond donors (Lipinski definition) is 1. The topological polar surface area (TPSA) is 33.6 Å². The van der Waals surface area contributed by atoms with E-state index < -0.39 is 0 Å². The van der Waals surface area contributed by atoms with Crippen molar-refractivity contribution in [1.82, 2.24) is 14.5 Å². The summed E-state index contributed by atoms with van der Waals surface area (Å²) in [6.07, 6.45) is 1.77. The molecule has 0 spiro atoms. The highest BCUT2D eigenvalue weighted by Crippen LogP contribution is 2.28. The number of hydrogen-bond acceptors (Lipinski definition) is 2. The van der Waals surface area contributed by atoms with Gasteiger partial charge in [0.25, 0.3) is 0 Å². The van der Waals surface area contributed by atoms with Crippen molar-refractivity contribution in [1.29, 1.82) is 0 Å². The highest BCUT2D eigenvalue weighted by molar-refractivity contribution is 9.10. The predicted molar refractivity (Wildman–Crippen MR) is 83.7 cm³/mol. The van der Waals surface area contributed by atoms with Crippen LogP contribution in [0.1, 0.15) is 5.56 Å². The van der Waals surface area contributed by atoms with E-state index in [1.165, 1.54) is 0 Å². The maximum absolute atomic E-state index is 6.07. The summed E-state index contributed by atoms with van der Waals surface area (Å²) >= 11 is 15.0. The molecule has 2 heterocycles. The van der Waals surface area contributed by atoms with Gasteiger partial charge in [0.15, 0.2) is 10.4 Å². The first-order valence-corrected chi connectivity index (χ1v) is 7.17. The van der Waals surface area contributed by atoms with Gasteiger partial charge >= 0.3 is 0 Å². The molecule has 0 aliphatic rings. The lowest BCUT2D eigenvalue weighted by Crippen LogP contribution is -1.97. The van der Waals surface area contributed by atoms with Gasteiger partial charge in [0.05, 0.1) is 11.2 Å². The number of rotatable bonds is 1. The smallest absolute Gasteiger partial charge is 0.184 e. The van der Waals surface area contributed by atoms with Crippen molar-refractivity contribution in [2.75, 3.05) is 0 Å². The third kappa shape index (κ3) is 2.12. The van der Waals surface area contributed by atoms with Gasteiger partial charge in [0, 0.05) is 15.7 Å². The number of halogens is 2. The van der Waals surface area contributed by atoms with Crippen molar-refractivity contribution in [2.45, 2.75) is 6.92 Å². The van der Waals surface area contributed by atoms with Crippen LogP contribution in [0.15, 0.2) is 34.9 Å². The quantitative estimate of drug-likeness (QED) is 0.636. The average Bonchev–Trinajstić information content (AvgIpc) is 2.70.